The van der Waals surface area contributed by atoms with Gasteiger partial charge in [0.15, 0.2) is 23.2 Å². The van der Waals surface area contributed by atoms with Crippen LogP contribution in [0.25, 0.3) is 0 Å². The normalized spacial score (nSPS) is 12.9. The SMILES string of the molecule is CN=C(NCc1cc(C(C)C)no1)NCC(c1ccc(OC)c(OC)c1)N(C)C. The predicted octanol–water partition coefficient (Wildman–Crippen LogP) is 2.78. The summed E-state index contributed by atoms with van der Waals surface area (Å²) in [4.78, 5) is 6.45. The summed E-state index contributed by atoms with van der Waals surface area (Å²) in [6, 6.07) is 8.06. The van der Waals surface area contributed by atoms with Gasteiger partial charge < -0.3 is 29.5 Å². The van der Waals surface area contributed by atoms with Gasteiger partial charge in [0.1, 0.15) is 0 Å². The minimum atomic E-state index is 0.117. The molecule has 1 aromatic carbocycles. The second kappa shape index (κ2) is 10.7. The minimum absolute atomic E-state index is 0.117. The molecule has 0 fully saturated rings. The van der Waals surface area contributed by atoms with E-state index in [0.29, 0.717) is 36.5 Å². The second-order valence-corrected chi connectivity index (χ2v) is 7.27. The van der Waals surface area contributed by atoms with E-state index in [0.717, 1.165) is 17.0 Å². The van der Waals surface area contributed by atoms with Gasteiger partial charge in [-0.05, 0) is 37.7 Å². The fourth-order valence-electron chi connectivity index (χ4n) is 2.93. The van der Waals surface area contributed by atoms with Crippen LogP contribution in [0.3, 0.4) is 0 Å². The molecule has 1 unspecified atom stereocenters. The lowest BCUT2D eigenvalue weighted by Crippen LogP contribution is -2.41. The van der Waals surface area contributed by atoms with Gasteiger partial charge in [0, 0.05) is 19.7 Å². The van der Waals surface area contributed by atoms with Crippen molar-refractivity contribution in [2.75, 3.05) is 41.9 Å². The third-order valence-corrected chi connectivity index (χ3v) is 4.70. The number of nitrogens with zero attached hydrogens (tertiary/aromatic N) is 3. The Hall–Kier alpha value is -2.74. The van der Waals surface area contributed by atoms with Crippen molar-refractivity contribution in [3.63, 3.8) is 0 Å². The summed E-state index contributed by atoms with van der Waals surface area (Å²) >= 11 is 0. The van der Waals surface area contributed by atoms with E-state index in [2.05, 4.69) is 39.5 Å². The Kier molecular flexibility index (Phi) is 8.33. The fourth-order valence-corrected chi connectivity index (χ4v) is 2.93. The van der Waals surface area contributed by atoms with Crippen LogP contribution < -0.4 is 20.1 Å². The number of hydrogen-bond donors (Lipinski definition) is 2. The van der Waals surface area contributed by atoms with Crippen molar-refractivity contribution < 1.29 is 14.0 Å². The van der Waals surface area contributed by atoms with Crippen molar-refractivity contribution in [1.82, 2.24) is 20.7 Å². The number of rotatable bonds is 9. The number of likely N-dealkylation sites (N-methyl/N-ethyl adjacent to an activating group) is 1. The van der Waals surface area contributed by atoms with Gasteiger partial charge in [-0.1, -0.05) is 25.1 Å². The van der Waals surface area contributed by atoms with E-state index in [4.69, 9.17) is 14.0 Å². The van der Waals surface area contributed by atoms with Crippen LogP contribution >= 0.6 is 0 Å². The molecule has 0 spiro atoms. The molecule has 0 aliphatic carbocycles. The highest BCUT2D eigenvalue weighted by Gasteiger charge is 2.17. The van der Waals surface area contributed by atoms with Crippen LogP contribution in [0.1, 0.15) is 42.8 Å². The van der Waals surface area contributed by atoms with Gasteiger partial charge in [-0.3, -0.25) is 4.99 Å². The van der Waals surface area contributed by atoms with E-state index in [1.165, 1.54) is 0 Å². The number of methoxy groups -OCH3 is 2. The highest BCUT2D eigenvalue weighted by molar-refractivity contribution is 5.79. The number of guanidine groups is 1. The maximum absolute atomic E-state index is 5.44. The van der Waals surface area contributed by atoms with Crippen LogP contribution in [-0.2, 0) is 6.54 Å². The summed E-state index contributed by atoms with van der Waals surface area (Å²) < 4.78 is 16.2. The number of nitrogens with one attached hydrogen (secondary N) is 2. The summed E-state index contributed by atoms with van der Waals surface area (Å²) in [7, 11) is 9.11. The lowest BCUT2D eigenvalue weighted by molar-refractivity contribution is 0.295. The molecule has 2 N–H and O–H groups in total. The highest BCUT2D eigenvalue weighted by atomic mass is 16.5. The second-order valence-electron chi connectivity index (χ2n) is 7.27. The Bertz CT molecular complexity index is 801. The van der Waals surface area contributed by atoms with E-state index in [1.54, 1.807) is 21.3 Å². The molecule has 1 atom stereocenters. The first-order chi connectivity index (χ1) is 13.9. The maximum atomic E-state index is 5.44. The summed E-state index contributed by atoms with van der Waals surface area (Å²) in [5.41, 5.74) is 2.07. The number of aliphatic imine (C=N–C) groups is 1. The largest absolute Gasteiger partial charge is 0.493 e. The molecule has 0 amide bonds. The monoisotopic (exact) mass is 403 g/mol. The van der Waals surface area contributed by atoms with Crippen molar-refractivity contribution in [2.45, 2.75) is 32.4 Å². The number of ether oxygens (including phenoxy) is 2. The Labute approximate surface area is 173 Å². The molecule has 29 heavy (non-hydrogen) atoms. The van der Waals surface area contributed by atoms with Gasteiger partial charge in [0.05, 0.1) is 32.5 Å². The minimum Gasteiger partial charge on any atom is -0.493 e. The Morgan fingerprint density at radius 1 is 1.14 bits per heavy atom. The van der Waals surface area contributed by atoms with Crippen molar-refractivity contribution in [3.05, 3.63) is 41.3 Å². The molecular formula is C21H33N5O3. The summed E-state index contributed by atoms with van der Waals surface area (Å²) in [5, 5.41) is 10.7. The van der Waals surface area contributed by atoms with E-state index < -0.39 is 0 Å². The summed E-state index contributed by atoms with van der Waals surface area (Å²) in [5.74, 6) is 3.24. The molecule has 0 aliphatic rings. The Balaban J connectivity index is 2.00. The molecule has 0 saturated heterocycles. The molecule has 160 valence electrons. The topological polar surface area (TPSA) is 84.2 Å². The molecule has 0 aliphatic heterocycles. The van der Waals surface area contributed by atoms with Gasteiger partial charge in [0.2, 0.25) is 0 Å². The molecule has 1 heterocycles. The molecular weight excluding hydrogens is 370 g/mol. The molecule has 0 bridgehead atoms. The van der Waals surface area contributed by atoms with E-state index in [1.807, 2.05) is 38.4 Å². The van der Waals surface area contributed by atoms with Crippen LogP contribution in [0.5, 0.6) is 11.5 Å². The summed E-state index contributed by atoms with van der Waals surface area (Å²) in [6.07, 6.45) is 0. The molecule has 8 nitrogen and oxygen atoms in total. The fraction of sp³-hybridized carbons (Fsp3) is 0.524. The van der Waals surface area contributed by atoms with Crippen LogP contribution in [0.4, 0.5) is 0 Å². The highest BCUT2D eigenvalue weighted by Crippen LogP contribution is 2.31. The van der Waals surface area contributed by atoms with E-state index in [9.17, 15) is 0 Å². The zero-order valence-electron chi connectivity index (χ0n) is 18.4. The predicted molar refractivity (Wildman–Crippen MR) is 115 cm³/mol. The van der Waals surface area contributed by atoms with Gasteiger partial charge in [-0.25, -0.2) is 0 Å². The first-order valence-electron chi connectivity index (χ1n) is 9.67. The zero-order chi connectivity index (χ0) is 21.4. The molecule has 2 rings (SSSR count). The van der Waals surface area contributed by atoms with Crippen LogP contribution in [-0.4, -0.2) is 57.9 Å². The van der Waals surface area contributed by atoms with Crippen molar-refractivity contribution in [2.24, 2.45) is 4.99 Å². The Morgan fingerprint density at radius 2 is 1.86 bits per heavy atom. The maximum Gasteiger partial charge on any atom is 0.191 e. The molecule has 1 aromatic heterocycles. The standard InChI is InChI=1S/C21H33N5O3/c1-14(2)17-11-16(29-25-17)12-23-21(22-3)24-13-18(26(4)5)15-8-9-19(27-6)20(10-15)28-7/h8-11,14,18H,12-13H2,1-7H3,(H2,22,23,24). The van der Waals surface area contributed by atoms with Crippen molar-refractivity contribution in [3.8, 4) is 11.5 Å². The van der Waals surface area contributed by atoms with E-state index >= 15 is 0 Å². The third kappa shape index (κ3) is 6.12. The number of benzene rings is 1. The molecule has 0 saturated carbocycles. The first-order valence-corrected chi connectivity index (χ1v) is 9.67. The van der Waals surface area contributed by atoms with Crippen LogP contribution in [0, 0.1) is 0 Å². The third-order valence-electron chi connectivity index (χ3n) is 4.70. The van der Waals surface area contributed by atoms with Gasteiger partial charge >= 0.3 is 0 Å². The average Bonchev–Trinajstić information content (AvgIpc) is 3.19. The first kappa shape index (κ1) is 22.5. The van der Waals surface area contributed by atoms with Gasteiger partial charge in [-0.2, -0.15) is 0 Å². The van der Waals surface area contributed by atoms with Gasteiger partial charge in [0.25, 0.3) is 0 Å². The van der Waals surface area contributed by atoms with Gasteiger partial charge in [-0.15, -0.1) is 0 Å². The molecule has 0 radical (unpaired) electrons. The van der Waals surface area contributed by atoms with Crippen molar-refractivity contribution in [1.29, 1.82) is 0 Å². The quantitative estimate of drug-likeness (QED) is 0.492. The number of aromatic nitrogens is 1. The van der Waals surface area contributed by atoms with Crippen molar-refractivity contribution >= 4 is 5.96 Å². The lowest BCUT2D eigenvalue weighted by atomic mass is 10.1. The lowest BCUT2D eigenvalue weighted by Gasteiger charge is -2.26. The number of hydrogen-bond acceptors (Lipinski definition) is 6. The van der Waals surface area contributed by atoms with E-state index in [-0.39, 0.29) is 6.04 Å². The van der Waals surface area contributed by atoms with Crippen LogP contribution in [0.15, 0.2) is 33.8 Å². The zero-order valence-corrected chi connectivity index (χ0v) is 18.4. The molecule has 2 aromatic rings. The Morgan fingerprint density at radius 3 is 2.41 bits per heavy atom. The molecule has 8 heteroatoms. The smallest absolute Gasteiger partial charge is 0.191 e. The average molecular weight is 404 g/mol. The van der Waals surface area contributed by atoms with Crippen LogP contribution in [0.2, 0.25) is 0 Å². The summed E-state index contributed by atoms with van der Waals surface area (Å²) in [6.45, 7) is 5.36.